The average molecular weight is 366 g/mol. The molecule has 0 atom stereocenters. The third kappa shape index (κ3) is 3.55. The van der Waals surface area contributed by atoms with E-state index >= 15 is 0 Å². The van der Waals surface area contributed by atoms with Gasteiger partial charge in [0.25, 0.3) is 0 Å². The van der Waals surface area contributed by atoms with Crippen LogP contribution in [0, 0.1) is 6.92 Å². The van der Waals surface area contributed by atoms with E-state index < -0.39 is 15.8 Å². The molecule has 0 aliphatic rings. The van der Waals surface area contributed by atoms with Crippen molar-refractivity contribution in [3.63, 3.8) is 0 Å². The molecule has 0 aliphatic heterocycles. The molecule has 1 heterocycles. The van der Waals surface area contributed by atoms with Gasteiger partial charge in [0.05, 0.1) is 37.0 Å². The van der Waals surface area contributed by atoms with E-state index in [4.69, 9.17) is 28.3 Å². The second kappa shape index (κ2) is 5.92. The van der Waals surface area contributed by atoms with Crippen molar-refractivity contribution in [3.8, 4) is 0 Å². The summed E-state index contributed by atoms with van der Waals surface area (Å²) in [5.74, 6) is -1.67. The summed E-state index contributed by atoms with van der Waals surface area (Å²) in [5.41, 5.74) is 0.0782. The second-order valence-corrected chi connectivity index (χ2v) is 8.02. The van der Waals surface area contributed by atoms with Gasteiger partial charge in [0.15, 0.2) is 9.84 Å². The van der Waals surface area contributed by atoms with E-state index in [9.17, 15) is 13.2 Å². The fourth-order valence-electron chi connectivity index (χ4n) is 1.68. The van der Waals surface area contributed by atoms with E-state index in [1.807, 2.05) is 0 Å². The molecule has 0 amide bonds. The van der Waals surface area contributed by atoms with Gasteiger partial charge in [0.1, 0.15) is 0 Å². The Labute approximate surface area is 135 Å². The molecule has 0 fully saturated rings. The van der Waals surface area contributed by atoms with Crippen LogP contribution in [0.5, 0.6) is 0 Å². The molecule has 1 aromatic carbocycles. The van der Waals surface area contributed by atoms with Gasteiger partial charge >= 0.3 is 5.97 Å². The normalized spacial score (nSPS) is 11.6. The molecule has 0 saturated heterocycles. The minimum atomic E-state index is -3.81. The van der Waals surface area contributed by atoms with Gasteiger partial charge in [-0.25, -0.2) is 18.2 Å². The maximum atomic E-state index is 12.4. The first-order chi connectivity index (χ1) is 9.70. The Morgan fingerprint density at radius 1 is 1.33 bits per heavy atom. The van der Waals surface area contributed by atoms with Crippen LogP contribution in [0.25, 0.3) is 0 Å². The van der Waals surface area contributed by atoms with Crippen LogP contribution >= 0.6 is 34.5 Å². The largest absolute Gasteiger partial charge is 0.478 e. The zero-order valence-corrected chi connectivity index (χ0v) is 13.8. The van der Waals surface area contributed by atoms with Crippen molar-refractivity contribution >= 4 is 50.3 Å². The number of carbonyl (C=O) groups is 1. The molecule has 2 aromatic rings. The Morgan fingerprint density at radius 3 is 2.52 bits per heavy atom. The lowest BCUT2D eigenvalue weighted by Gasteiger charge is -2.08. The first-order valence-corrected chi connectivity index (χ1v) is 8.85. The number of aryl methyl sites for hydroxylation is 1. The van der Waals surface area contributed by atoms with Crippen LogP contribution < -0.4 is 0 Å². The summed E-state index contributed by atoms with van der Waals surface area (Å²) in [6.07, 6.45) is 0. The first-order valence-electron chi connectivity index (χ1n) is 5.57. The summed E-state index contributed by atoms with van der Waals surface area (Å²) in [5, 5.41) is 11.2. The van der Waals surface area contributed by atoms with Crippen molar-refractivity contribution in [1.82, 2.24) is 4.98 Å². The summed E-state index contributed by atoms with van der Waals surface area (Å²) in [4.78, 5) is 14.9. The number of halogens is 2. The predicted octanol–water partition coefficient (Wildman–Crippen LogP) is 3.43. The van der Waals surface area contributed by atoms with Crippen LogP contribution in [0.3, 0.4) is 0 Å². The smallest absolute Gasteiger partial charge is 0.337 e. The van der Waals surface area contributed by atoms with Gasteiger partial charge in [-0.1, -0.05) is 23.2 Å². The number of rotatable bonds is 4. The number of nitrogens with zero attached hydrogens (tertiary/aromatic N) is 1. The van der Waals surface area contributed by atoms with E-state index in [1.54, 1.807) is 12.3 Å². The molecule has 0 saturated carbocycles. The lowest BCUT2D eigenvalue weighted by Crippen LogP contribution is -2.08. The number of carboxylic acids is 1. The monoisotopic (exact) mass is 365 g/mol. The molecule has 9 heteroatoms. The fraction of sp³-hybridized carbons (Fsp3) is 0.167. The van der Waals surface area contributed by atoms with Crippen molar-refractivity contribution in [2.75, 3.05) is 0 Å². The summed E-state index contributed by atoms with van der Waals surface area (Å²) in [7, 11) is -3.81. The highest BCUT2D eigenvalue weighted by Gasteiger charge is 2.23. The topological polar surface area (TPSA) is 84.3 Å². The Balaban J connectivity index is 2.49. The molecule has 0 spiro atoms. The number of benzene rings is 1. The number of aromatic nitrogens is 1. The highest BCUT2D eigenvalue weighted by molar-refractivity contribution is 7.90. The second-order valence-electron chi connectivity index (χ2n) is 4.18. The molecule has 21 heavy (non-hydrogen) atoms. The van der Waals surface area contributed by atoms with Gasteiger partial charge in [-0.05, 0) is 19.1 Å². The minimum absolute atomic E-state index is 0.114. The average Bonchev–Trinajstić information content (AvgIpc) is 2.72. The van der Waals surface area contributed by atoms with Crippen LogP contribution in [0.2, 0.25) is 10.0 Å². The van der Waals surface area contributed by atoms with Gasteiger partial charge < -0.3 is 5.11 Å². The highest BCUT2D eigenvalue weighted by atomic mass is 35.5. The van der Waals surface area contributed by atoms with Crippen molar-refractivity contribution < 1.29 is 18.3 Å². The standard InChI is InChI=1S/C12H9Cl2NO4S2/c1-6-15-7(4-20-6)5-21(18,19)11-2-8(12(16)17)9(13)3-10(11)14/h2-4H,5H2,1H3,(H,16,17). The van der Waals surface area contributed by atoms with Crippen molar-refractivity contribution in [3.05, 3.63) is 43.8 Å². The third-order valence-corrected chi connectivity index (χ3v) is 5.84. The zero-order valence-electron chi connectivity index (χ0n) is 10.6. The van der Waals surface area contributed by atoms with Crippen molar-refractivity contribution in [2.24, 2.45) is 0 Å². The van der Waals surface area contributed by atoms with Crippen LogP contribution in [0.4, 0.5) is 0 Å². The molecular formula is C12H9Cl2NO4S2. The maximum absolute atomic E-state index is 12.4. The van der Waals surface area contributed by atoms with Crippen LogP contribution in [-0.4, -0.2) is 24.5 Å². The Morgan fingerprint density at radius 2 is 2.00 bits per heavy atom. The van der Waals surface area contributed by atoms with Gasteiger partial charge in [-0.3, -0.25) is 0 Å². The van der Waals surface area contributed by atoms with Gasteiger partial charge in [0.2, 0.25) is 0 Å². The van der Waals surface area contributed by atoms with E-state index in [-0.39, 0.29) is 26.3 Å². The number of sulfone groups is 1. The summed E-state index contributed by atoms with van der Waals surface area (Å²) < 4.78 is 24.7. The number of hydrogen-bond donors (Lipinski definition) is 1. The van der Waals surface area contributed by atoms with E-state index in [2.05, 4.69) is 4.98 Å². The molecule has 0 radical (unpaired) electrons. The molecular weight excluding hydrogens is 357 g/mol. The quantitative estimate of drug-likeness (QED) is 0.896. The van der Waals surface area contributed by atoms with Gasteiger partial charge in [0, 0.05) is 5.38 Å². The van der Waals surface area contributed by atoms with E-state index in [1.165, 1.54) is 11.3 Å². The Bertz CT molecular complexity index is 815. The Kier molecular flexibility index (Phi) is 4.57. The molecule has 0 unspecified atom stereocenters. The van der Waals surface area contributed by atoms with Crippen LogP contribution in [0.1, 0.15) is 21.1 Å². The van der Waals surface area contributed by atoms with Gasteiger partial charge in [-0.2, -0.15) is 0 Å². The lowest BCUT2D eigenvalue weighted by atomic mass is 10.2. The van der Waals surface area contributed by atoms with E-state index in [0.717, 1.165) is 17.1 Å². The zero-order chi connectivity index (χ0) is 15.8. The van der Waals surface area contributed by atoms with Crippen molar-refractivity contribution in [1.29, 1.82) is 0 Å². The number of carboxylic acid groups (broad SMARTS) is 1. The summed E-state index contributed by atoms with van der Waals surface area (Å²) >= 11 is 13.0. The summed E-state index contributed by atoms with van der Waals surface area (Å²) in [6, 6.07) is 2.09. The maximum Gasteiger partial charge on any atom is 0.337 e. The number of aromatic carboxylic acids is 1. The molecule has 112 valence electrons. The Hall–Kier alpha value is -1.15. The van der Waals surface area contributed by atoms with Crippen LogP contribution in [0.15, 0.2) is 22.4 Å². The molecule has 2 rings (SSSR count). The number of hydrogen-bond acceptors (Lipinski definition) is 5. The number of thiazole rings is 1. The molecule has 1 aromatic heterocycles. The fourth-order valence-corrected chi connectivity index (χ4v) is 4.56. The highest BCUT2D eigenvalue weighted by Crippen LogP contribution is 2.30. The van der Waals surface area contributed by atoms with Crippen molar-refractivity contribution in [2.45, 2.75) is 17.6 Å². The SMILES string of the molecule is Cc1nc(CS(=O)(=O)c2cc(C(=O)O)c(Cl)cc2Cl)cs1. The first kappa shape index (κ1) is 16.2. The van der Waals surface area contributed by atoms with Crippen LogP contribution in [-0.2, 0) is 15.6 Å². The molecule has 1 N–H and O–H groups in total. The van der Waals surface area contributed by atoms with Gasteiger partial charge in [-0.15, -0.1) is 11.3 Å². The minimum Gasteiger partial charge on any atom is -0.478 e. The molecule has 0 bridgehead atoms. The molecule has 0 aliphatic carbocycles. The molecule has 5 nitrogen and oxygen atoms in total. The summed E-state index contributed by atoms with van der Waals surface area (Å²) in [6.45, 7) is 1.76. The predicted molar refractivity (Wildman–Crippen MR) is 81.2 cm³/mol. The third-order valence-electron chi connectivity index (χ3n) is 2.59. The van der Waals surface area contributed by atoms with E-state index in [0.29, 0.717) is 5.69 Å². The lowest BCUT2D eigenvalue weighted by molar-refractivity contribution is 0.0697.